The fourth-order valence-electron chi connectivity index (χ4n) is 1.51. The SMILES string of the molecule is C[C@H]1C(=O)NN=C1C(=O)N/N=C\c1cccc(O)c1. The number of phenols is 1. The fourth-order valence-corrected chi connectivity index (χ4v) is 1.51. The van der Waals surface area contributed by atoms with Crippen LogP contribution < -0.4 is 10.9 Å². The third-order valence-corrected chi connectivity index (χ3v) is 2.57. The molecule has 1 aromatic rings. The van der Waals surface area contributed by atoms with E-state index in [0.717, 1.165) is 0 Å². The van der Waals surface area contributed by atoms with Gasteiger partial charge in [-0.15, -0.1) is 0 Å². The molecule has 3 N–H and O–H groups in total. The van der Waals surface area contributed by atoms with Crippen molar-refractivity contribution in [1.29, 1.82) is 0 Å². The Balaban J connectivity index is 1.96. The molecule has 0 saturated heterocycles. The molecule has 0 radical (unpaired) electrons. The standard InChI is InChI=1S/C12H12N4O3/c1-7-10(14-16-11(7)18)12(19)15-13-6-8-3-2-4-9(17)5-8/h2-7,17H,1H3,(H,15,19)(H,16,18)/b13-6-/t7-/m1/s1. The number of rotatable bonds is 3. The van der Waals surface area contributed by atoms with Gasteiger partial charge in [0.2, 0.25) is 5.91 Å². The molecule has 2 amide bonds. The third-order valence-electron chi connectivity index (χ3n) is 2.57. The minimum absolute atomic E-state index is 0.0954. The molecule has 19 heavy (non-hydrogen) atoms. The summed E-state index contributed by atoms with van der Waals surface area (Å²) in [5.74, 6) is -1.33. The molecule has 7 heteroatoms. The van der Waals surface area contributed by atoms with E-state index in [1.807, 2.05) is 0 Å². The molecule has 1 aromatic carbocycles. The number of nitrogens with zero attached hydrogens (tertiary/aromatic N) is 2. The molecule has 0 unspecified atom stereocenters. The molecule has 98 valence electrons. The van der Waals surface area contributed by atoms with E-state index in [1.165, 1.54) is 18.3 Å². The number of carbonyl (C=O) groups excluding carboxylic acids is 2. The maximum absolute atomic E-state index is 11.7. The van der Waals surface area contributed by atoms with Crippen molar-refractivity contribution in [2.24, 2.45) is 16.1 Å². The van der Waals surface area contributed by atoms with E-state index in [1.54, 1.807) is 19.1 Å². The fraction of sp³-hybridized carbons (Fsp3) is 0.167. The molecule has 0 aromatic heterocycles. The van der Waals surface area contributed by atoms with Gasteiger partial charge >= 0.3 is 0 Å². The zero-order valence-electron chi connectivity index (χ0n) is 10.1. The van der Waals surface area contributed by atoms with Gasteiger partial charge in [0.05, 0.1) is 12.1 Å². The molecule has 0 bridgehead atoms. The van der Waals surface area contributed by atoms with Gasteiger partial charge in [0.15, 0.2) is 0 Å². The Morgan fingerprint density at radius 2 is 2.37 bits per heavy atom. The molecule has 0 aliphatic carbocycles. The van der Waals surface area contributed by atoms with Gasteiger partial charge in [0.25, 0.3) is 5.91 Å². The number of hydrogen-bond donors (Lipinski definition) is 3. The Kier molecular flexibility index (Phi) is 3.56. The van der Waals surface area contributed by atoms with Crippen LogP contribution in [0.15, 0.2) is 34.5 Å². The van der Waals surface area contributed by atoms with Crippen molar-refractivity contribution >= 4 is 23.7 Å². The Morgan fingerprint density at radius 1 is 1.58 bits per heavy atom. The van der Waals surface area contributed by atoms with Gasteiger partial charge in [-0.25, -0.2) is 10.9 Å². The van der Waals surface area contributed by atoms with Gasteiger partial charge in [0.1, 0.15) is 11.5 Å². The maximum Gasteiger partial charge on any atom is 0.288 e. The summed E-state index contributed by atoms with van der Waals surface area (Å²) in [7, 11) is 0. The minimum Gasteiger partial charge on any atom is -0.508 e. The second-order valence-electron chi connectivity index (χ2n) is 3.99. The van der Waals surface area contributed by atoms with Crippen molar-refractivity contribution in [2.45, 2.75) is 6.92 Å². The first-order chi connectivity index (χ1) is 9.08. The molecule has 1 heterocycles. The molecular weight excluding hydrogens is 248 g/mol. The van der Waals surface area contributed by atoms with Crippen LogP contribution in [0.3, 0.4) is 0 Å². The average Bonchev–Trinajstić information content (AvgIpc) is 2.70. The molecule has 0 saturated carbocycles. The third kappa shape index (κ3) is 2.95. The first-order valence-electron chi connectivity index (χ1n) is 5.58. The van der Waals surface area contributed by atoms with E-state index in [4.69, 9.17) is 0 Å². The van der Waals surface area contributed by atoms with Crippen LogP contribution in [0.2, 0.25) is 0 Å². The monoisotopic (exact) mass is 260 g/mol. The van der Waals surface area contributed by atoms with Crippen molar-refractivity contribution in [3.8, 4) is 5.75 Å². The van der Waals surface area contributed by atoms with Gasteiger partial charge in [-0.1, -0.05) is 12.1 Å². The lowest BCUT2D eigenvalue weighted by molar-refractivity contribution is -0.122. The predicted octanol–water partition coefficient (Wildman–Crippen LogP) is -0.0358. The van der Waals surface area contributed by atoms with E-state index >= 15 is 0 Å². The van der Waals surface area contributed by atoms with Crippen molar-refractivity contribution in [1.82, 2.24) is 10.9 Å². The average molecular weight is 260 g/mol. The molecule has 1 aliphatic heterocycles. The summed E-state index contributed by atoms with van der Waals surface area (Å²) in [4.78, 5) is 22.8. The molecule has 7 nitrogen and oxygen atoms in total. The number of hydrogen-bond acceptors (Lipinski definition) is 5. The Hall–Kier alpha value is -2.70. The second kappa shape index (κ2) is 5.30. The number of hydrazone groups is 2. The highest BCUT2D eigenvalue weighted by Gasteiger charge is 2.30. The first-order valence-corrected chi connectivity index (χ1v) is 5.58. The van der Waals surface area contributed by atoms with Crippen molar-refractivity contribution in [3.05, 3.63) is 29.8 Å². The summed E-state index contributed by atoms with van der Waals surface area (Å²) in [6.45, 7) is 1.58. The van der Waals surface area contributed by atoms with E-state index in [-0.39, 0.29) is 17.4 Å². The summed E-state index contributed by atoms with van der Waals surface area (Å²) in [5.41, 5.74) is 5.22. The molecule has 2 rings (SSSR count). The van der Waals surface area contributed by atoms with Crippen molar-refractivity contribution in [2.75, 3.05) is 0 Å². The lowest BCUT2D eigenvalue weighted by Gasteiger charge is -2.01. The zero-order valence-corrected chi connectivity index (χ0v) is 10.1. The van der Waals surface area contributed by atoms with Crippen LogP contribution in [-0.4, -0.2) is 28.8 Å². The normalized spacial score (nSPS) is 18.3. The van der Waals surface area contributed by atoms with Crippen LogP contribution in [0.5, 0.6) is 5.75 Å². The predicted molar refractivity (Wildman–Crippen MR) is 68.6 cm³/mol. The van der Waals surface area contributed by atoms with E-state index in [9.17, 15) is 14.7 Å². The van der Waals surface area contributed by atoms with Crippen LogP contribution in [-0.2, 0) is 9.59 Å². The summed E-state index contributed by atoms with van der Waals surface area (Å²) in [6.07, 6.45) is 1.38. The molecule has 0 spiro atoms. The van der Waals surface area contributed by atoms with Crippen LogP contribution in [0, 0.1) is 5.92 Å². The number of benzene rings is 1. The smallest absolute Gasteiger partial charge is 0.288 e. The van der Waals surface area contributed by atoms with Crippen molar-refractivity contribution in [3.63, 3.8) is 0 Å². The highest BCUT2D eigenvalue weighted by atomic mass is 16.3. The lowest BCUT2D eigenvalue weighted by Crippen LogP contribution is -2.32. The van der Waals surface area contributed by atoms with Gasteiger partial charge in [-0.05, 0) is 24.6 Å². The molecule has 1 aliphatic rings. The summed E-state index contributed by atoms with van der Waals surface area (Å²) >= 11 is 0. The van der Waals surface area contributed by atoms with Gasteiger partial charge in [-0.3, -0.25) is 9.59 Å². The van der Waals surface area contributed by atoms with Crippen LogP contribution in [0.1, 0.15) is 12.5 Å². The van der Waals surface area contributed by atoms with E-state index in [0.29, 0.717) is 5.56 Å². The van der Waals surface area contributed by atoms with Gasteiger partial charge < -0.3 is 5.11 Å². The number of carbonyl (C=O) groups is 2. The van der Waals surface area contributed by atoms with E-state index in [2.05, 4.69) is 21.1 Å². The topological polar surface area (TPSA) is 103 Å². The highest BCUT2D eigenvalue weighted by molar-refractivity contribution is 6.44. The number of amides is 2. The Morgan fingerprint density at radius 3 is 3.00 bits per heavy atom. The first kappa shape index (κ1) is 12.7. The lowest BCUT2D eigenvalue weighted by atomic mass is 10.1. The zero-order chi connectivity index (χ0) is 13.8. The van der Waals surface area contributed by atoms with E-state index < -0.39 is 11.8 Å². The molecular formula is C12H12N4O3. The molecule has 0 fully saturated rings. The van der Waals surface area contributed by atoms with Crippen LogP contribution in [0.25, 0.3) is 0 Å². The quantitative estimate of drug-likeness (QED) is 0.525. The van der Waals surface area contributed by atoms with Gasteiger partial charge in [-0.2, -0.15) is 10.2 Å². The highest BCUT2D eigenvalue weighted by Crippen LogP contribution is 2.09. The summed E-state index contributed by atoms with van der Waals surface area (Å²) in [5, 5.41) is 16.6. The van der Waals surface area contributed by atoms with Gasteiger partial charge in [0, 0.05) is 0 Å². The van der Waals surface area contributed by atoms with Crippen LogP contribution in [0.4, 0.5) is 0 Å². The number of phenolic OH excluding ortho intramolecular Hbond substituents is 1. The Labute approximate surface area is 109 Å². The minimum atomic E-state index is -0.587. The number of nitrogens with one attached hydrogen (secondary N) is 2. The van der Waals surface area contributed by atoms with Crippen molar-refractivity contribution < 1.29 is 14.7 Å². The van der Waals surface area contributed by atoms with Crippen LogP contribution >= 0.6 is 0 Å². The summed E-state index contributed by atoms with van der Waals surface area (Å²) < 4.78 is 0. The Bertz CT molecular complexity index is 580. The second-order valence-corrected chi connectivity index (χ2v) is 3.99. The summed E-state index contributed by atoms with van der Waals surface area (Å²) in [6, 6.07) is 6.40. The maximum atomic E-state index is 11.7. The largest absolute Gasteiger partial charge is 0.508 e. The molecule has 1 atom stereocenters. The number of aromatic hydroxyl groups is 1.